The summed E-state index contributed by atoms with van der Waals surface area (Å²) in [6.07, 6.45) is 0. The number of aromatic nitrogens is 1. The SMILES string of the molecule is CCN(CC)CC.Cc1nc(OS(=O)(=O)C(F)(F)F)c([N+](=O)[O-])c(NCC(C)(C)O)c1C. The second-order valence-electron chi connectivity index (χ2n) is 7.38. The van der Waals surface area contributed by atoms with Gasteiger partial charge in [0.15, 0.2) is 0 Å². The minimum absolute atomic E-state index is 0.0104. The van der Waals surface area contributed by atoms with Gasteiger partial charge in [-0.25, -0.2) is 4.98 Å². The van der Waals surface area contributed by atoms with Crippen LogP contribution in [0.5, 0.6) is 5.88 Å². The lowest BCUT2D eigenvalue weighted by molar-refractivity contribution is -0.384. The van der Waals surface area contributed by atoms with Gasteiger partial charge in [-0.1, -0.05) is 20.8 Å². The molecule has 2 N–H and O–H groups in total. The van der Waals surface area contributed by atoms with Gasteiger partial charge in [-0.05, 0) is 47.3 Å². The molecule has 0 aliphatic heterocycles. The number of nitrogens with one attached hydrogen (secondary N) is 1. The van der Waals surface area contributed by atoms with Gasteiger partial charge in [-0.2, -0.15) is 21.6 Å². The number of aliphatic hydroxyl groups is 1. The van der Waals surface area contributed by atoms with E-state index in [1.54, 1.807) is 0 Å². The number of rotatable bonds is 9. The standard InChI is InChI=1S/C12H16F3N3O6S.C6H15N/c1-6-7(2)17-10(24-25(22,23)12(13,14)15)9(18(20)21)8(6)16-5-11(3,4)19;1-4-7(5-2)6-3/h19H,5H2,1-4H3,(H,16,17);4-6H2,1-3H3. The summed E-state index contributed by atoms with van der Waals surface area (Å²) in [6, 6.07) is 0. The minimum Gasteiger partial charge on any atom is -0.389 e. The predicted molar refractivity (Wildman–Crippen MR) is 114 cm³/mol. The van der Waals surface area contributed by atoms with E-state index in [1.807, 2.05) is 0 Å². The Morgan fingerprint density at radius 3 is 1.94 bits per heavy atom. The maximum absolute atomic E-state index is 12.5. The average Bonchev–Trinajstić information content (AvgIpc) is 2.63. The highest BCUT2D eigenvalue weighted by Crippen LogP contribution is 2.39. The molecule has 0 spiro atoms. The number of hydrogen-bond donors (Lipinski definition) is 2. The molecule has 186 valence electrons. The van der Waals surface area contributed by atoms with E-state index in [-0.39, 0.29) is 23.5 Å². The molecule has 0 atom stereocenters. The van der Waals surface area contributed by atoms with Crippen LogP contribution in [-0.2, 0) is 10.1 Å². The number of anilines is 1. The molecule has 0 radical (unpaired) electrons. The molecule has 0 bridgehead atoms. The summed E-state index contributed by atoms with van der Waals surface area (Å²) < 4.78 is 63.6. The summed E-state index contributed by atoms with van der Waals surface area (Å²) >= 11 is 0. The lowest BCUT2D eigenvalue weighted by atomic mass is 10.1. The number of nitro groups is 1. The smallest absolute Gasteiger partial charge is 0.389 e. The normalized spacial score (nSPS) is 12.2. The molecule has 0 aliphatic rings. The highest BCUT2D eigenvalue weighted by atomic mass is 32.2. The van der Waals surface area contributed by atoms with E-state index in [0.717, 1.165) is 0 Å². The van der Waals surface area contributed by atoms with Gasteiger partial charge in [0.05, 0.1) is 10.5 Å². The summed E-state index contributed by atoms with van der Waals surface area (Å²) in [6.45, 7) is 15.4. The summed E-state index contributed by atoms with van der Waals surface area (Å²) in [4.78, 5) is 16.0. The third kappa shape index (κ3) is 8.74. The van der Waals surface area contributed by atoms with Crippen LogP contribution < -0.4 is 9.50 Å². The van der Waals surface area contributed by atoms with Crippen LogP contribution in [0.3, 0.4) is 0 Å². The highest BCUT2D eigenvalue weighted by molar-refractivity contribution is 7.88. The Morgan fingerprint density at radius 2 is 1.62 bits per heavy atom. The molecule has 10 nitrogen and oxygen atoms in total. The minimum atomic E-state index is -6.14. The van der Waals surface area contributed by atoms with Gasteiger partial charge in [0.2, 0.25) is 0 Å². The van der Waals surface area contributed by atoms with Gasteiger partial charge in [0, 0.05) is 17.8 Å². The van der Waals surface area contributed by atoms with E-state index in [1.165, 1.54) is 47.3 Å². The third-order valence-electron chi connectivity index (χ3n) is 4.32. The molecule has 1 aromatic rings. The first kappa shape index (κ1) is 29.8. The van der Waals surface area contributed by atoms with Crippen molar-refractivity contribution >= 4 is 21.5 Å². The first-order valence-corrected chi connectivity index (χ1v) is 11.2. The molecule has 1 heterocycles. The van der Waals surface area contributed by atoms with Crippen molar-refractivity contribution in [2.45, 2.75) is 59.6 Å². The Balaban J connectivity index is 0.00000118. The lowest BCUT2D eigenvalue weighted by Gasteiger charge is -2.20. The Morgan fingerprint density at radius 1 is 1.16 bits per heavy atom. The van der Waals surface area contributed by atoms with Crippen molar-refractivity contribution in [2.24, 2.45) is 0 Å². The van der Waals surface area contributed by atoms with Gasteiger partial charge in [-0.3, -0.25) is 10.1 Å². The van der Waals surface area contributed by atoms with Crippen LogP contribution in [0, 0.1) is 24.0 Å². The average molecular weight is 489 g/mol. The van der Waals surface area contributed by atoms with Crippen LogP contribution in [0.4, 0.5) is 24.5 Å². The van der Waals surface area contributed by atoms with Crippen LogP contribution in [-0.4, -0.2) is 65.6 Å². The van der Waals surface area contributed by atoms with Crippen LogP contribution in [0.25, 0.3) is 0 Å². The fraction of sp³-hybridized carbons (Fsp3) is 0.722. The summed E-state index contributed by atoms with van der Waals surface area (Å²) in [5, 5.41) is 23.5. The second kappa shape index (κ2) is 11.6. The number of alkyl halides is 3. The predicted octanol–water partition coefficient (Wildman–Crippen LogP) is 3.37. The van der Waals surface area contributed by atoms with Gasteiger partial charge < -0.3 is 19.5 Å². The molecule has 32 heavy (non-hydrogen) atoms. The van der Waals surface area contributed by atoms with Gasteiger partial charge in [-0.15, -0.1) is 0 Å². The second-order valence-corrected chi connectivity index (χ2v) is 8.91. The van der Waals surface area contributed by atoms with Gasteiger partial charge in [0.1, 0.15) is 5.69 Å². The van der Waals surface area contributed by atoms with Gasteiger partial charge in [0.25, 0.3) is 0 Å². The van der Waals surface area contributed by atoms with Crippen molar-refractivity contribution in [3.63, 3.8) is 0 Å². The number of nitrogens with zero attached hydrogens (tertiary/aromatic N) is 3. The molecule has 0 aromatic carbocycles. The van der Waals surface area contributed by atoms with Crippen LogP contribution in [0.15, 0.2) is 0 Å². The molecule has 0 saturated carbocycles. The zero-order valence-corrected chi connectivity index (χ0v) is 20.0. The monoisotopic (exact) mass is 488 g/mol. The maximum atomic E-state index is 12.5. The number of pyridine rings is 1. The maximum Gasteiger partial charge on any atom is 0.534 e. The van der Waals surface area contributed by atoms with Crippen LogP contribution in [0.1, 0.15) is 45.9 Å². The largest absolute Gasteiger partial charge is 0.534 e. The van der Waals surface area contributed by atoms with Crippen molar-refractivity contribution in [3.8, 4) is 5.88 Å². The van der Waals surface area contributed by atoms with E-state index in [0.29, 0.717) is 0 Å². The van der Waals surface area contributed by atoms with Gasteiger partial charge >= 0.3 is 27.2 Å². The molecule has 1 aromatic heterocycles. The van der Waals surface area contributed by atoms with E-state index in [4.69, 9.17) is 0 Å². The quantitative estimate of drug-likeness (QED) is 0.232. The molecule has 0 saturated heterocycles. The van der Waals surface area contributed by atoms with Crippen molar-refractivity contribution in [2.75, 3.05) is 31.5 Å². The number of halogens is 3. The highest BCUT2D eigenvalue weighted by Gasteiger charge is 2.50. The Hall–Kier alpha value is -2.19. The zero-order chi connectivity index (χ0) is 25.5. The van der Waals surface area contributed by atoms with Crippen LogP contribution >= 0.6 is 0 Å². The molecule has 0 aliphatic carbocycles. The van der Waals surface area contributed by atoms with Crippen molar-refractivity contribution < 1.29 is 35.8 Å². The Kier molecular flexibility index (Phi) is 10.8. The lowest BCUT2D eigenvalue weighted by Crippen LogP contribution is -2.30. The fourth-order valence-electron chi connectivity index (χ4n) is 2.33. The topological polar surface area (TPSA) is 135 Å². The molecular weight excluding hydrogens is 457 g/mol. The van der Waals surface area contributed by atoms with E-state index >= 15 is 0 Å². The molecular formula is C18H31F3N4O6S. The molecule has 1 rings (SSSR count). The third-order valence-corrected chi connectivity index (χ3v) is 5.26. The molecule has 14 heteroatoms. The van der Waals surface area contributed by atoms with Crippen molar-refractivity contribution in [3.05, 3.63) is 21.4 Å². The first-order valence-electron chi connectivity index (χ1n) is 9.76. The number of aryl methyl sites for hydroxylation is 1. The van der Waals surface area contributed by atoms with E-state index in [2.05, 4.69) is 40.2 Å². The van der Waals surface area contributed by atoms with Crippen molar-refractivity contribution in [1.29, 1.82) is 0 Å². The summed E-state index contributed by atoms with van der Waals surface area (Å²) in [5.74, 6) is -1.32. The molecule has 0 amide bonds. The summed E-state index contributed by atoms with van der Waals surface area (Å²) in [7, 11) is -6.14. The van der Waals surface area contributed by atoms with Crippen LogP contribution in [0.2, 0.25) is 0 Å². The molecule has 0 unspecified atom stereocenters. The Bertz CT molecular complexity index is 877. The first-order chi connectivity index (χ1) is 14.4. The van der Waals surface area contributed by atoms with Crippen molar-refractivity contribution in [1.82, 2.24) is 9.88 Å². The zero-order valence-electron chi connectivity index (χ0n) is 19.2. The summed E-state index contributed by atoms with van der Waals surface area (Å²) in [5.41, 5.74) is -8.27. The Labute approximate surface area is 186 Å². The van der Waals surface area contributed by atoms with E-state index < -0.39 is 37.7 Å². The fourth-order valence-corrected chi connectivity index (χ4v) is 2.74. The van der Waals surface area contributed by atoms with E-state index in [9.17, 15) is 36.8 Å². The molecule has 0 fully saturated rings. The number of hydrogen-bond acceptors (Lipinski definition) is 9.